The first-order valence-electron chi connectivity index (χ1n) is 7.12. The maximum atomic E-state index is 12.3. The molecule has 3 aromatic rings. The predicted octanol–water partition coefficient (Wildman–Crippen LogP) is 4.82. The quantitative estimate of drug-likeness (QED) is 0.655. The van der Waals surface area contributed by atoms with Crippen LogP contribution in [0.2, 0.25) is 4.34 Å². The van der Waals surface area contributed by atoms with Gasteiger partial charge in [0.25, 0.3) is 10.0 Å². The predicted molar refractivity (Wildman–Crippen MR) is 101 cm³/mol. The highest BCUT2D eigenvalue weighted by Gasteiger charge is 2.16. The Morgan fingerprint density at radius 2 is 1.64 bits per heavy atom. The summed E-state index contributed by atoms with van der Waals surface area (Å²) >= 11 is 6.78. The summed E-state index contributed by atoms with van der Waals surface area (Å²) in [4.78, 5) is 0. The van der Waals surface area contributed by atoms with Gasteiger partial charge in [-0.25, -0.2) is 8.42 Å². The lowest BCUT2D eigenvalue weighted by atomic mass is 10.2. The fourth-order valence-electron chi connectivity index (χ4n) is 2.11. The van der Waals surface area contributed by atoms with Gasteiger partial charge in [-0.2, -0.15) is 5.26 Å². The molecule has 8 heteroatoms. The summed E-state index contributed by atoms with van der Waals surface area (Å²) in [7, 11) is -3.65. The normalized spacial score (nSPS) is 10.9. The van der Waals surface area contributed by atoms with Crippen molar-refractivity contribution in [1.82, 2.24) is 0 Å². The van der Waals surface area contributed by atoms with E-state index in [1.54, 1.807) is 48.5 Å². The maximum absolute atomic E-state index is 12.3. The molecule has 1 heterocycles. The Morgan fingerprint density at radius 3 is 2.28 bits per heavy atom. The zero-order chi connectivity index (χ0) is 17.9. The van der Waals surface area contributed by atoms with E-state index >= 15 is 0 Å². The summed E-state index contributed by atoms with van der Waals surface area (Å²) in [5, 5.41) is 12.2. The number of hydrogen-bond donors (Lipinski definition) is 2. The molecule has 0 radical (unpaired) electrons. The number of thiophene rings is 1. The Bertz CT molecular complexity index is 1040. The molecule has 0 amide bonds. The molecular weight excluding hydrogens is 378 g/mol. The Kier molecular flexibility index (Phi) is 4.95. The second kappa shape index (κ2) is 7.15. The minimum absolute atomic E-state index is 0.155. The number of nitrogens with one attached hydrogen (secondary N) is 2. The second-order valence-corrected chi connectivity index (χ2v) is 8.65. The third-order valence-corrected chi connectivity index (χ3v) is 6.38. The zero-order valence-electron chi connectivity index (χ0n) is 12.7. The molecule has 0 aliphatic rings. The number of nitrogens with zero attached hydrogens (tertiary/aromatic N) is 1. The van der Waals surface area contributed by atoms with Crippen LogP contribution in [0.15, 0.2) is 64.9 Å². The molecule has 2 aromatic carbocycles. The van der Waals surface area contributed by atoms with E-state index in [-0.39, 0.29) is 4.21 Å². The van der Waals surface area contributed by atoms with Gasteiger partial charge in [0.15, 0.2) is 0 Å². The van der Waals surface area contributed by atoms with Gasteiger partial charge in [-0.1, -0.05) is 23.7 Å². The molecule has 0 aliphatic carbocycles. The molecule has 5 nitrogen and oxygen atoms in total. The van der Waals surface area contributed by atoms with E-state index in [4.69, 9.17) is 16.9 Å². The van der Waals surface area contributed by atoms with E-state index < -0.39 is 10.0 Å². The molecule has 25 heavy (non-hydrogen) atoms. The molecule has 0 aliphatic heterocycles. The van der Waals surface area contributed by atoms with Gasteiger partial charge in [0.2, 0.25) is 0 Å². The standard InChI is InChI=1S/C17H12ClN3O2S2/c18-16-9-10-17(24-16)25(22,23)21-14-7-5-13(6-8-14)20-15-4-2-1-3-12(15)11-19/h1-10,20-21H. The zero-order valence-corrected chi connectivity index (χ0v) is 15.1. The number of benzene rings is 2. The molecule has 3 rings (SSSR count). The number of sulfonamides is 1. The van der Waals surface area contributed by atoms with Crippen molar-refractivity contribution < 1.29 is 8.42 Å². The molecule has 0 atom stereocenters. The van der Waals surface area contributed by atoms with Crippen LogP contribution in [-0.4, -0.2) is 8.42 Å². The monoisotopic (exact) mass is 389 g/mol. The van der Waals surface area contributed by atoms with Crippen LogP contribution >= 0.6 is 22.9 Å². The number of para-hydroxylation sites is 1. The molecule has 0 fully saturated rings. The second-order valence-electron chi connectivity index (χ2n) is 5.02. The lowest BCUT2D eigenvalue weighted by Crippen LogP contribution is -2.11. The molecular formula is C17H12ClN3O2S2. The number of hydrogen-bond acceptors (Lipinski definition) is 5. The summed E-state index contributed by atoms with van der Waals surface area (Å²) in [5.41, 5.74) is 2.39. The number of halogens is 1. The minimum atomic E-state index is -3.65. The Hall–Kier alpha value is -2.53. The molecule has 0 bridgehead atoms. The number of rotatable bonds is 5. The molecule has 0 saturated heterocycles. The lowest BCUT2D eigenvalue weighted by Gasteiger charge is -2.10. The van der Waals surface area contributed by atoms with Crippen molar-refractivity contribution >= 4 is 50.0 Å². The van der Waals surface area contributed by atoms with Crippen molar-refractivity contribution in [2.75, 3.05) is 10.0 Å². The molecule has 126 valence electrons. The van der Waals surface area contributed by atoms with E-state index in [2.05, 4.69) is 16.1 Å². The third-order valence-electron chi connectivity index (χ3n) is 3.28. The SMILES string of the molecule is N#Cc1ccccc1Nc1ccc(NS(=O)(=O)c2ccc(Cl)s2)cc1. The highest BCUT2D eigenvalue weighted by molar-refractivity contribution is 7.94. The van der Waals surface area contributed by atoms with Crippen molar-refractivity contribution in [1.29, 1.82) is 5.26 Å². The minimum Gasteiger partial charge on any atom is -0.354 e. The smallest absolute Gasteiger partial charge is 0.271 e. The molecule has 0 unspecified atom stereocenters. The van der Waals surface area contributed by atoms with Crippen molar-refractivity contribution in [3.05, 3.63) is 70.6 Å². The van der Waals surface area contributed by atoms with Crippen LogP contribution in [0.1, 0.15) is 5.56 Å². The van der Waals surface area contributed by atoms with Crippen LogP contribution in [-0.2, 0) is 10.0 Å². The molecule has 0 spiro atoms. The van der Waals surface area contributed by atoms with Gasteiger partial charge in [-0.3, -0.25) is 4.72 Å². The van der Waals surface area contributed by atoms with Gasteiger partial charge in [0.05, 0.1) is 15.6 Å². The van der Waals surface area contributed by atoms with Crippen LogP contribution < -0.4 is 10.0 Å². The van der Waals surface area contributed by atoms with E-state index in [0.717, 1.165) is 17.0 Å². The lowest BCUT2D eigenvalue weighted by molar-refractivity contribution is 0.603. The summed E-state index contributed by atoms with van der Waals surface area (Å²) in [5.74, 6) is 0. The van der Waals surface area contributed by atoms with Crippen molar-refractivity contribution in [3.8, 4) is 6.07 Å². The summed E-state index contributed by atoms with van der Waals surface area (Å²) in [6.45, 7) is 0. The van der Waals surface area contributed by atoms with Crippen LogP contribution in [0.3, 0.4) is 0 Å². The van der Waals surface area contributed by atoms with E-state index in [0.29, 0.717) is 21.3 Å². The van der Waals surface area contributed by atoms with Gasteiger partial charge >= 0.3 is 0 Å². The van der Waals surface area contributed by atoms with Gasteiger partial charge in [-0.05, 0) is 48.5 Å². The largest absolute Gasteiger partial charge is 0.354 e. The average Bonchev–Trinajstić information content (AvgIpc) is 3.04. The Labute approximate surface area is 154 Å². The highest BCUT2D eigenvalue weighted by Crippen LogP contribution is 2.28. The summed E-state index contributed by atoms with van der Waals surface area (Å²) in [6.07, 6.45) is 0. The summed E-state index contributed by atoms with van der Waals surface area (Å²) < 4.78 is 27.6. The first-order valence-corrected chi connectivity index (χ1v) is 9.80. The molecule has 1 aromatic heterocycles. The van der Waals surface area contributed by atoms with E-state index in [1.807, 2.05) is 6.07 Å². The molecule has 2 N–H and O–H groups in total. The number of anilines is 3. The van der Waals surface area contributed by atoms with Crippen molar-refractivity contribution in [2.45, 2.75) is 4.21 Å². The van der Waals surface area contributed by atoms with Crippen molar-refractivity contribution in [3.63, 3.8) is 0 Å². The first kappa shape index (κ1) is 17.3. The van der Waals surface area contributed by atoms with Gasteiger partial charge in [0.1, 0.15) is 10.3 Å². The van der Waals surface area contributed by atoms with Gasteiger partial charge in [-0.15, -0.1) is 11.3 Å². The van der Waals surface area contributed by atoms with E-state index in [1.165, 1.54) is 6.07 Å². The topological polar surface area (TPSA) is 82.0 Å². The molecule has 0 saturated carbocycles. The first-order chi connectivity index (χ1) is 12.0. The van der Waals surface area contributed by atoms with Crippen LogP contribution in [0.25, 0.3) is 0 Å². The summed E-state index contributed by atoms with van der Waals surface area (Å²) in [6, 6.07) is 19.0. The Morgan fingerprint density at radius 1 is 0.960 bits per heavy atom. The fourth-order valence-corrected chi connectivity index (χ4v) is 4.66. The van der Waals surface area contributed by atoms with Gasteiger partial charge in [0, 0.05) is 11.4 Å². The van der Waals surface area contributed by atoms with E-state index in [9.17, 15) is 8.42 Å². The Balaban J connectivity index is 1.76. The number of nitriles is 1. The average molecular weight is 390 g/mol. The van der Waals surface area contributed by atoms with Crippen molar-refractivity contribution in [2.24, 2.45) is 0 Å². The van der Waals surface area contributed by atoms with Crippen LogP contribution in [0.4, 0.5) is 17.1 Å². The highest BCUT2D eigenvalue weighted by atomic mass is 35.5. The van der Waals surface area contributed by atoms with Gasteiger partial charge < -0.3 is 5.32 Å². The maximum Gasteiger partial charge on any atom is 0.271 e. The fraction of sp³-hybridized carbons (Fsp3) is 0. The van der Waals surface area contributed by atoms with Crippen LogP contribution in [0, 0.1) is 11.3 Å². The van der Waals surface area contributed by atoms with Crippen LogP contribution in [0.5, 0.6) is 0 Å². The third kappa shape index (κ3) is 4.12.